The molecular formula is C22H25Cl2N5O. The number of nitrogens with zero attached hydrogens (tertiary/aromatic N) is 4. The molecule has 0 aliphatic heterocycles. The molecule has 0 saturated carbocycles. The average molecular weight is 446 g/mol. The minimum Gasteiger partial charge on any atom is -0.354 e. The molecule has 1 N–H and O–H groups in total. The molecule has 2 aromatic heterocycles. The maximum Gasteiger partial charge on any atom is 0.226 e. The SMILES string of the molecule is CCc1nn(CCNC(=O)Cc2cnccn2)c(CC)c1Cc1cc(Cl)cc(Cl)c1. The maximum atomic E-state index is 12.2. The summed E-state index contributed by atoms with van der Waals surface area (Å²) in [6.45, 7) is 5.33. The van der Waals surface area contributed by atoms with Gasteiger partial charge in [0.1, 0.15) is 0 Å². The number of amides is 1. The van der Waals surface area contributed by atoms with E-state index in [0.717, 1.165) is 30.5 Å². The summed E-state index contributed by atoms with van der Waals surface area (Å²) in [5.41, 5.74) is 5.16. The maximum absolute atomic E-state index is 12.2. The second-order valence-corrected chi connectivity index (χ2v) is 7.85. The quantitative estimate of drug-likeness (QED) is 0.538. The van der Waals surface area contributed by atoms with Gasteiger partial charge in [-0.05, 0) is 36.6 Å². The van der Waals surface area contributed by atoms with E-state index in [9.17, 15) is 4.79 Å². The lowest BCUT2D eigenvalue weighted by molar-refractivity contribution is -0.120. The predicted octanol–water partition coefficient (Wildman–Crippen LogP) is 4.05. The third-order valence-electron chi connectivity index (χ3n) is 4.83. The Balaban J connectivity index is 1.68. The van der Waals surface area contributed by atoms with Crippen LogP contribution in [0.25, 0.3) is 0 Å². The van der Waals surface area contributed by atoms with Crippen LogP contribution in [-0.4, -0.2) is 32.2 Å². The van der Waals surface area contributed by atoms with E-state index in [0.29, 0.717) is 28.8 Å². The number of rotatable bonds is 9. The first-order valence-corrected chi connectivity index (χ1v) is 10.8. The Morgan fingerprint density at radius 3 is 2.50 bits per heavy atom. The van der Waals surface area contributed by atoms with E-state index in [1.807, 2.05) is 16.8 Å². The van der Waals surface area contributed by atoms with Crippen molar-refractivity contribution in [3.63, 3.8) is 0 Å². The molecule has 158 valence electrons. The van der Waals surface area contributed by atoms with E-state index < -0.39 is 0 Å². The molecule has 3 rings (SSSR count). The number of hydrogen-bond donors (Lipinski definition) is 1. The molecular weight excluding hydrogens is 421 g/mol. The molecule has 0 radical (unpaired) electrons. The summed E-state index contributed by atoms with van der Waals surface area (Å²) in [4.78, 5) is 20.3. The van der Waals surface area contributed by atoms with Crippen LogP contribution >= 0.6 is 23.2 Å². The van der Waals surface area contributed by atoms with Gasteiger partial charge >= 0.3 is 0 Å². The molecule has 6 nitrogen and oxygen atoms in total. The van der Waals surface area contributed by atoms with Crippen LogP contribution in [0.3, 0.4) is 0 Å². The Morgan fingerprint density at radius 2 is 1.87 bits per heavy atom. The summed E-state index contributed by atoms with van der Waals surface area (Å²) in [5, 5.41) is 9.00. The summed E-state index contributed by atoms with van der Waals surface area (Å²) in [6.07, 6.45) is 7.41. The average Bonchev–Trinajstić information content (AvgIpc) is 3.04. The van der Waals surface area contributed by atoms with Gasteiger partial charge in [-0.3, -0.25) is 19.4 Å². The van der Waals surface area contributed by atoms with Crippen molar-refractivity contribution >= 4 is 29.1 Å². The van der Waals surface area contributed by atoms with Crippen molar-refractivity contribution < 1.29 is 4.79 Å². The van der Waals surface area contributed by atoms with Gasteiger partial charge in [0.15, 0.2) is 0 Å². The molecule has 0 spiro atoms. The number of hydrogen-bond acceptors (Lipinski definition) is 4. The van der Waals surface area contributed by atoms with Crippen molar-refractivity contribution in [3.05, 3.63) is 75.0 Å². The van der Waals surface area contributed by atoms with Gasteiger partial charge in [0.2, 0.25) is 5.91 Å². The zero-order valence-electron chi connectivity index (χ0n) is 17.2. The highest BCUT2D eigenvalue weighted by molar-refractivity contribution is 6.34. The lowest BCUT2D eigenvalue weighted by Crippen LogP contribution is -2.29. The minimum absolute atomic E-state index is 0.0785. The Kier molecular flexibility index (Phi) is 7.82. The minimum atomic E-state index is -0.0785. The van der Waals surface area contributed by atoms with E-state index >= 15 is 0 Å². The van der Waals surface area contributed by atoms with Crippen LogP contribution in [0.2, 0.25) is 10.0 Å². The third-order valence-corrected chi connectivity index (χ3v) is 5.26. The fraction of sp³-hybridized carbons (Fsp3) is 0.364. The highest BCUT2D eigenvalue weighted by Crippen LogP contribution is 2.25. The van der Waals surface area contributed by atoms with Gasteiger partial charge in [-0.2, -0.15) is 5.10 Å². The van der Waals surface area contributed by atoms with Crippen molar-refractivity contribution in [1.82, 2.24) is 25.1 Å². The molecule has 2 heterocycles. The number of aromatic nitrogens is 4. The second kappa shape index (κ2) is 10.5. The van der Waals surface area contributed by atoms with Gasteiger partial charge in [0.25, 0.3) is 0 Å². The number of carbonyl (C=O) groups is 1. The zero-order valence-corrected chi connectivity index (χ0v) is 18.7. The van der Waals surface area contributed by atoms with Crippen molar-refractivity contribution in [1.29, 1.82) is 0 Å². The summed E-state index contributed by atoms with van der Waals surface area (Å²) < 4.78 is 2.00. The van der Waals surface area contributed by atoms with Gasteiger partial charge in [0, 0.05) is 52.9 Å². The zero-order chi connectivity index (χ0) is 21.5. The normalized spacial score (nSPS) is 10.9. The monoisotopic (exact) mass is 445 g/mol. The molecule has 0 aliphatic rings. The van der Waals surface area contributed by atoms with Crippen LogP contribution in [0.1, 0.15) is 42.1 Å². The topological polar surface area (TPSA) is 72.7 Å². The second-order valence-electron chi connectivity index (χ2n) is 6.98. The van der Waals surface area contributed by atoms with E-state index in [1.165, 1.54) is 11.3 Å². The molecule has 0 atom stereocenters. The molecule has 30 heavy (non-hydrogen) atoms. The smallest absolute Gasteiger partial charge is 0.226 e. The fourth-order valence-corrected chi connectivity index (χ4v) is 4.10. The van der Waals surface area contributed by atoms with Gasteiger partial charge in [0.05, 0.1) is 24.4 Å². The van der Waals surface area contributed by atoms with Crippen LogP contribution in [0.15, 0.2) is 36.8 Å². The van der Waals surface area contributed by atoms with Crippen LogP contribution in [-0.2, 0) is 37.0 Å². The first kappa shape index (κ1) is 22.2. The third kappa shape index (κ3) is 5.80. The standard InChI is InChI=1S/C22H25Cl2N5O/c1-3-20-19(11-15-9-16(23)12-17(24)10-15)21(4-2)29(28-20)8-7-27-22(30)13-18-14-25-5-6-26-18/h5-6,9-10,12,14H,3-4,7-8,11,13H2,1-2H3,(H,27,30). The van der Waals surface area contributed by atoms with Crippen LogP contribution in [0.4, 0.5) is 0 Å². The first-order chi connectivity index (χ1) is 14.5. The Bertz CT molecular complexity index is 984. The molecule has 0 unspecified atom stereocenters. The Morgan fingerprint density at radius 1 is 1.10 bits per heavy atom. The largest absolute Gasteiger partial charge is 0.354 e. The molecule has 0 saturated heterocycles. The number of aryl methyl sites for hydroxylation is 1. The Labute approximate surface area is 186 Å². The molecule has 0 aliphatic carbocycles. The number of carbonyl (C=O) groups excluding carboxylic acids is 1. The summed E-state index contributed by atoms with van der Waals surface area (Å²) in [7, 11) is 0. The van der Waals surface area contributed by atoms with Crippen molar-refractivity contribution in [2.75, 3.05) is 6.54 Å². The number of benzene rings is 1. The van der Waals surface area contributed by atoms with Crippen LogP contribution in [0.5, 0.6) is 0 Å². The van der Waals surface area contributed by atoms with E-state index in [-0.39, 0.29) is 12.3 Å². The van der Waals surface area contributed by atoms with Gasteiger partial charge in [-0.15, -0.1) is 0 Å². The van der Waals surface area contributed by atoms with Crippen LogP contribution in [0, 0.1) is 0 Å². The predicted molar refractivity (Wildman–Crippen MR) is 119 cm³/mol. The lowest BCUT2D eigenvalue weighted by Gasteiger charge is -2.10. The fourth-order valence-electron chi connectivity index (χ4n) is 3.52. The molecule has 8 heteroatoms. The van der Waals surface area contributed by atoms with E-state index in [2.05, 4.69) is 29.1 Å². The summed E-state index contributed by atoms with van der Waals surface area (Å²) in [6, 6.07) is 5.62. The first-order valence-electron chi connectivity index (χ1n) is 10.0. The molecule has 1 aromatic carbocycles. The summed E-state index contributed by atoms with van der Waals surface area (Å²) in [5.74, 6) is -0.0785. The lowest BCUT2D eigenvalue weighted by atomic mass is 10.0. The van der Waals surface area contributed by atoms with Gasteiger partial charge in [-0.25, -0.2) is 0 Å². The highest BCUT2D eigenvalue weighted by atomic mass is 35.5. The van der Waals surface area contributed by atoms with Crippen molar-refractivity contribution in [2.45, 2.75) is 46.1 Å². The van der Waals surface area contributed by atoms with E-state index in [4.69, 9.17) is 28.3 Å². The number of nitrogens with one attached hydrogen (secondary N) is 1. The molecule has 1 amide bonds. The highest BCUT2D eigenvalue weighted by Gasteiger charge is 2.16. The molecule has 0 fully saturated rings. The van der Waals surface area contributed by atoms with E-state index in [1.54, 1.807) is 24.7 Å². The molecule has 3 aromatic rings. The van der Waals surface area contributed by atoms with Gasteiger partial charge < -0.3 is 5.32 Å². The molecule has 0 bridgehead atoms. The van der Waals surface area contributed by atoms with Crippen molar-refractivity contribution in [3.8, 4) is 0 Å². The summed E-state index contributed by atoms with van der Waals surface area (Å²) >= 11 is 12.3. The Hall–Kier alpha value is -2.44. The van der Waals surface area contributed by atoms with Gasteiger partial charge in [-0.1, -0.05) is 37.0 Å². The van der Waals surface area contributed by atoms with Crippen molar-refractivity contribution in [2.24, 2.45) is 0 Å². The van der Waals surface area contributed by atoms with Crippen LogP contribution < -0.4 is 5.32 Å². The number of halogens is 2.